The zero-order chi connectivity index (χ0) is 12.1. The predicted octanol–water partition coefficient (Wildman–Crippen LogP) is 1.24. The predicted molar refractivity (Wildman–Crippen MR) is 59.2 cm³/mol. The van der Waals surface area contributed by atoms with Crippen molar-refractivity contribution in [3.8, 4) is 0 Å². The van der Waals surface area contributed by atoms with E-state index in [1.54, 1.807) is 6.92 Å². The molecule has 0 aromatic heterocycles. The fourth-order valence-electron chi connectivity index (χ4n) is 1.59. The molecule has 0 saturated carbocycles. The average Bonchev–Trinajstić information content (AvgIpc) is 2.26. The SMILES string of the molecule is CCN(CCO)c1c(F)cc(CN)cc1F. The molecule has 0 heterocycles. The molecule has 0 fully saturated rings. The molecular weight excluding hydrogens is 214 g/mol. The first-order chi connectivity index (χ1) is 7.63. The average molecular weight is 230 g/mol. The maximum atomic E-state index is 13.6. The summed E-state index contributed by atoms with van der Waals surface area (Å²) in [4.78, 5) is 1.45. The van der Waals surface area contributed by atoms with Gasteiger partial charge in [0.2, 0.25) is 0 Å². The highest BCUT2D eigenvalue weighted by atomic mass is 19.1. The Kier molecular flexibility index (Phi) is 4.64. The van der Waals surface area contributed by atoms with Crippen LogP contribution in [-0.4, -0.2) is 24.8 Å². The van der Waals surface area contributed by atoms with Gasteiger partial charge < -0.3 is 15.7 Å². The molecule has 90 valence electrons. The first-order valence-electron chi connectivity index (χ1n) is 5.17. The number of benzene rings is 1. The van der Waals surface area contributed by atoms with Crippen LogP contribution in [0.2, 0.25) is 0 Å². The van der Waals surface area contributed by atoms with E-state index in [9.17, 15) is 8.78 Å². The van der Waals surface area contributed by atoms with E-state index in [2.05, 4.69) is 0 Å². The van der Waals surface area contributed by atoms with Gasteiger partial charge in [-0.3, -0.25) is 0 Å². The van der Waals surface area contributed by atoms with Crippen LogP contribution in [0.25, 0.3) is 0 Å². The van der Waals surface area contributed by atoms with Gasteiger partial charge in [-0.1, -0.05) is 0 Å². The van der Waals surface area contributed by atoms with Gasteiger partial charge in [-0.05, 0) is 24.6 Å². The lowest BCUT2D eigenvalue weighted by molar-refractivity contribution is 0.301. The minimum Gasteiger partial charge on any atom is -0.395 e. The van der Waals surface area contributed by atoms with Crippen molar-refractivity contribution >= 4 is 5.69 Å². The van der Waals surface area contributed by atoms with E-state index >= 15 is 0 Å². The second kappa shape index (κ2) is 5.77. The number of nitrogens with two attached hydrogens (primary N) is 1. The Hall–Kier alpha value is -1.20. The van der Waals surface area contributed by atoms with Crippen LogP contribution in [0.15, 0.2) is 12.1 Å². The minimum atomic E-state index is -0.643. The van der Waals surface area contributed by atoms with Gasteiger partial charge in [0, 0.05) is 19.6 Å². The largest absolute Gasteiger partial charge is 0.395 e. The molecule has 0 aliphatic heterocycles. The summed E-state index contributed by atoms with van der Waals surface area (Å²) in [6.45, 7) is 2.35. The van der Waals surface area contributed by atoms with Crippen LogP contribution < -0.4 is 10.6 Å². The Morgan fingerprint density at radius 3 is 2.25 bits per heavy atom. The topological polar surface area (TPSA) is 49.5 Å². The Labute approximate surface area is 93.5 Å². The van der Waals surface area contributed by atoms with Gasteiger partial charge in [0.1, 0.15) is 17.3 Å². The second-order valence-electron chi connectivity index (χ2n) is 3.42. The molecule has 3 N–H and O–H groups in total. The highest BCUT2D eigenvalue weighted by Crippen LogP contribution is 2.24. The molecule has 1 aromatic rings. The van der Waals surface area contributed by atoms with Gasteiger partial charge in [0.15, 0.2) is 0 Å². The van der Waals surface area contributed by atoms with Crippen molar-refractivity contribution in [1.29, 1.82) is 0 Å². The number of anilines is 1. The van der Waals surface area contributed by atoms with Gasteiger partial charge in [-0.15, -0.1) is 0 Å². The maximum Gasteiger partial charge on any atom is 0.149 e. The summed E-state index contributed by atoms with van der Waals surface area (Å²) in [6.07, 6.45) is 0. The number of aliphatic hydroxyl groups is 1. The van der Waals surface area contributed by atoms with E-state index in [1.165, 1.54) is 17.0 Å². The van der Waals surface area contributed by atoms with Crippen molar-refractivity contribution < 1.29 is 13.9 Å². The highest BCUT2D eigenvalue weighted by Gasteiger charge is 2.16. The van der Waals surface area contributed by atoms with Gasteiger partial charge in [0.05, 0.1) is 6.61 Å². The molecule has 0 aliphatic carbocycles. The summed E-state index contributed by atoms with van der Waals surface area (Å²) in [5.74, 6) is -1.29. The third-order valence-electron chi connectivity index (χ3n) is 2.38. The van der Waals surface area contributed by atoms with Crippen LogP contribution in [0.3, 0.4) is 0 Å². The summed E-state index contributed by atoms with van der Waals surface area (Å²) in [7, 11) is 0. The van der Waals surface area contributed by atoms with Crippen molar-refractivity contribution in [2.45, 2.75) is 13.5 Å². The molecule has 0 amide bonds. The maximum absolute atomic E-state index is 13.6. The molecule has 0 aliphatic rings. The minimum absolute atomic E-state index is 0.0975. The summed E-state index contributed by atoms with van der Waals surface area (Å²) in [5.41, 5.74) is 5.63. The van der Waals surface area contributed by atoms with Crippen molar-refractivity contribution in [3.63, 3.8) is 0 Å². The van der Waals surface area contributed by atoms with Crippen LogP contribution in [0.5, 0.6) is 0 Å². The molecule has 5 heteroatoms. The third-order valence-corrected chi connectivity index (χ3v) is 2.38. The fourth-order valence-corrected chi connectivity index (χ4v) is 1.59. The molecule has 1 aromatic carbocycles. The van der Waals surface area contributed by atoms with E-state index in [1.807, 2.05) is 0 Å². The normalized spacial score (nSPS) is 10.6. The van der Waals surface area contributed by atoms with E-state index in [0.717, 1.165) is 0 Å². The Balaban J connectivity index is 3.11. The third kappa shape index (κ3) is 2.68. The van der Waals surface area contributed by atoms with Crippen LogP contribution in [0, 0.1) is 11.6 Å². The summed E-state index contributed by atoms with van der Waals surface area (Å²) < 4.78 is 27.3. The summed E-state index contributed by atoms with van der Waals surface area (Å²) in [5, 5.41) is 8.81. The monoisotopic (exact) mass is 230 g/mol. The first-order valence-corrected chi connectivity index (χ1v) is 5.17. The number of hydrogen-bond acceptors (Lipinski definition) is 3. The summed E-state index contributed by atoms with van der Waals surface area (Å²) >= 11 is 0. The molecule has 0 saturated heterocycles. The van der Waals surface area contributed by atoms with Crippen LogP contribution in [0.1, 0.15) is 12.5 Å². The molecular formula is C11H16F2N2O. The molecule has 16 heavy (non-hydrogen) atoms. The zero-order valence-electron chi connectivity index (χ0n) is 9.21. The van der Waals surface area contributed by atoms with Crippen molar-refractivity contribution in [1.82, 2.24) is 0 Å². The van der Waals surface area contributed by atoms with Crippen molar-refractivity contribution in [2.24, 2.45) is 5.73 Å². The Morgan fingerprint density at radius 2 is 1.88 bits per heavy atom. The van der Waals surface area contributed by atoms with Gasteiger partial charge in [-0.25, -0.2) is 8.78 Å². The van der Waals surface area contributed by atoms with Crippen LogP contribution >= 0.6 is 0 Å². The number of hydrogen-bond donors (Lipinski definition) is 2. The fraction of sp³-hybridized carbons (Fsp3) is 0.455. The lowest BCUT2D eigenvalue weighted by Gasteiger charge is -2.23. The molecule has 0 spiro atoms. The molecule has 0 unspecified atom stereocenters. The molecule has 0 radical (unpaired) electrons. The van der Waals surface area contributed by atoms with Gasteiger partial charge in [0.25, 0.3) is 0 Å². The number of rotatable bonds is 5. The Morgan fingerprint density at radius 1 is 1.31 bits per heavy atom. The lowest BCUT2D eigenvalue weighted by Crippen LogP contribution is -2.28. The smallest absolute Gasteiger partial charge is 0.149 e. The zero-order valence-corrected chi connectivity index (χ0v) is 9.21. The Bertz CT molecular complexity index is 335. The van der Waals surface area contributed by atoms with E-state index in [0.29, 0.717) is 12.1 Å². The number of likely N-dealkylation sites (N-methyl/N-ethyl adjacent to an activating group) is 1. The molecule has 1 rings (SSSR count). The van der Waals surface area contributed by atoms with Crippen LogP contribution in [0.4, 0.5) is 14.5 Å². The number of aliphatic hydroxyl groups excluding tert-OH is 1. The molecule has 3 nitrogen and oxygen atoms in total. The number of nitrogens with zero attached hydrogens (tertiary/aromatic N) is 1. The van der Waals surface area contributed by atoms with Crippen LogP contribution in [-0.2, 0) is 6.54 Å². The first kappa shape index (κ1) is 12.9. The van der Waals surface area contributed by atoms with Gasteiger partial charge in [-0.2, -0.15) is 0 Å². The summed E-state index contributed by atoms with van der Waals surface area (Å²) in [6, 6.07) is 2.44. The lowest BCUT2D eigenvalue weighted by atomic mass is 10.1. The second-order valence-corrected chi connectivity index (χ2v) is 3.42. The molecule has 0 bridgehead atoms. The molecule has 0 atom stereocenters. The standard InChI is InChI=1S/C11H16F2N2O/c1-2-15(3-4-16)11-9(12)5-8(7-14)6-10(11)13/h5-6,16H,2-4,7,14H2,1H3. The van der Waals surface area contributed by atoms with Crippen molar-refractivity contribution in [3.05, 3.63) is 29.3 Å². The van der Waals surface area contributed by atoms with E-state index in [-0.39, 0.29) is 25.4 Å². The van der Waals surface area contributed by atoms with Crippen molar-refractivity contribution in [2.75, 3.05) is 24.6 Å². The van der Waals surface area contributed by atoms with Gasteiger partial charge >= 0.3 is 0 Å². The van der Waals surface area contributed by atoms with E-state index in [4.69, 9.17) is 10.8 Å². The quantitative estimate of drug-likeness (QED) is 0.800. The highest BCUT2D eigenvalue weighted by molar-refractivity contribution is 5.50. The van der Waals surface area contributed by atoms with E-state index < -0.39 is 11.6 Å². The number of halogens is 2.